The Balaban J connectivity index is 2.14. The highest BCUT2D eigenvalue weighted by Crippen LogP contribution is 2.17. The SMILES string of the molecule is CCCNCC(=O)c1[nH]ncc1NC(=O)c1c(F)cccc1F. The molecule has 0 aliphatic carbocycles. The molecule has 6 nitrogen and oxygen atoms in total. The van der Waals surface area contributed by atoms with Crippen molar-refractivity contribution < 1.29 is 18.4 Å². The molecule has 0 atom stereocenters. The fraction of sp³-hybridized carbons (Fsp3) is 0.267. The number of nitrogens with one attached hydrogen (secondary N) is 3. The second kappa shape index (κ2) is 7.59. The zero-order chi connectivity index (χ0) is 16.8. The van der Waals surface area contributed by atoms with Crippen LogP contribution in [-0.2, 0) is 0 Å². The van der Waals surface area contributed by atoms with Crippen molar-refractivity contribution in [1.82, 2.24) is 15.5 Å². The third kappa shape index (κ3) is 3.98. The van der Waals surface area contributed by atoms with Crippen molar-refractivity contribution in [2.75, 3.05) is 18.4 Å². The maximum Gasteiger partial charge on any atom is 0.261 e. The lowest BCUT2D eigenvalue weighted by atomic mass is 10.1. The van der Waals surface area contributed by atoms with Gasteiger partial charge in [-0.2, -0.15) is 5.10 Å². The highest BCUT2D eigenvalue weighted by Gasteiger charge is 2.20. The van der Waals surface area contributed by atoms with Crippen LogP contribution >= 0.6 is 0 Å². The molecule has 0 bridgehead atoms. The Bertz CT molecular complexity index is 695. The van der Waals surface area contributed by atoms with Gasteiger partial charge < -0.3 is 10.6 Å². The molecular weight excluding hydrogens is 306 g/mol. The molecule has 0 fully saturated rings. The summed E-state index contributed by atoms with van der Waals surface area (Å²) >= 11 is 0. The molecule has 0 spiro atoms. The maximum atomic E-state index is 13.6. The number of ketones is 1. The molecule has 1 heterocycles. The Kier molecular flexibility index (Phi) is 5.53. The average Bonchev–Trinajstić information content (AvgIpc) is 2.95. The predicted octanol–water partition coefficient (Wildman–Crippen LogP) is 2.12. The number of carbonyl (C=O) groups is 2. The fourth-order valence-electron chi connectivity index (χ4n) is 1.96. The van der Waals surface area contributed by atoms with Crippen molar-refractivity contribution in [1.29, 1.82) is 0 Å². The number of amides is 1. The highest BCUT2D eigenvalue weighted by molar-refractivity contribution is 6.09. The van der Waals surface area contributed by atoms with E-state index in [2.05, 4.69) is 20.8 Å². The first-order chi connectivity index (χ1) is 11.0. The van der Waals surface area contributed by atoms with Crippen LogP contribution < -0.4 is 10.6 Å². The lowest BCUT2D eigenvalue weighted by molar-refractivity contribution is 0.0987. The van der Waals surface area contributed by atoms with Crippen molar-refractivity contribution in [2.24, 2.45) is 0 Å². The second-order valence-electron chi connectivity index (χ2n) is 4.81. The maximum absolute atomic E-state index is 13.6. The van der Waals surface area contributed by atoms with Gasteiger partial charge >= 0.3 is 0 Å². The Morgan fingerprint density at radius 1 is 1.26 bits per heavy atom. The van der Waals surface area contributed by atoms with Crippen molar-refractivity contribution >= 4 is 17.4 Å². The molecule has 0 saturated carbocycles. The first-order valence-corrected chi connectivity index (χ1v) is 7.07. The van der Waals surface area contributed by atoms with Gasteiger partial charge in [-0.25, -0.2) is 8.78 Å². The molecule has 2 rings (SSSR count). The van der Waals surface area contributed by atoms with Crippen LogP contribution in [0.2, 0.25) is 0 Å². The summed E-state index contributed by atoms with van der Waals surface area (Å²) in [5.74, 6) is -3.27. The molecule has 1 aromatic carbocycles. The lowest BCUT2D eigenvalue weighted by Gasteiger charge is -2.07. The van der Waals surface area contributed by atoms with Crippen LogP contribution in [0.5, 0.6) is 0 Å². The number of aromatic nitrogens is 2. The van der Waals surface area contributed by atoms with Gasteiger partial charge in [0.15, 0.2) is 5.78 Å². The molecule has 0 aliphatic heterocycles. The molecule has 8 heteroatoms. The smallest absolute Gasteiger partial charge is 0.261 e. The minimum absolute atomic E-state index is 0.0625. The number of hydrogen-bond donors (Lipinski definition) is 3. The van der Waals surface area contributed by atoms with Crippen LogP contribution in [0, 0.1) is 11.6 Å². The number of H-pyrrole nitrogens is 1. The largest absolute Gasteiger partial charge is 0.318 e. The Labute approximate surface area is 131 Å². The minimum atomic E-state index is -0.988. The van der Waals surface area contributed by atoms with Crippen LogP contribution in [-0.4, -0.2) is 35.0 Å². The average molecular weight is 322 g/mol. The number of benzene rings is 1. The van der Waals surface area contributed by atoms with Crippen molar-refractivity contribution in [3.8, 4) is 0 Å². The lowest BCUT2D eigenvalue weighted by Crippen LogP contribution is -2.25. The van der Waals surface area contributed by atoms with E-state index in [0.717, 1.165) is 24.6 Å². The van der Waals surface area contributed by atoms with Crippen LogP contribution in [0.25, 0.3) is 0 Å². The topological polar surface area (TPSA) is 86.9 Å². The summed E-state index contributed by atoms with van der Waals surface area (Å²) in [5, 5.41) is 11.4. The zero-order valence-electron chi connectivity index (χ0n) is 12.5. The van der Waals surface area contributed by atoms with E-state index in [1.165, 1.54) is 6.20 Å². The first kappa shape index (κ1) is 16.8. The number of aromatic amines is 1. The minimum Gasteiger partial charge on any atom is -0.318 e. The van der Waals surface area contributed by atoms with E-state index in [1.807, 2.05) is 6.92 Å². The normalized spacial score (nSPS) is 10.6. The molecular formula is C15H16F2N4O2. The van der Waals surface area contributed by atoms with E-state index in [-0.39, 0.29) is 23.7 Å². The Morgan fingerprint density at radius 3 is 2.61 bits per heavy atom. The quantitative estimate of drug-likeness (QED) is 0.538. The molecule has 2 aromatic rings. The molecule has 0 radical (unpaired) electrons. The van der Waals surface area contributed by atoms with E-state index < -0.39 is 23.1 Å². The molecule has 23 heavy (non-hydrogen) atoms. The second-order valence-corrected chi connectivity index (χ2v) is 4.81. The monoisotopic (exact) mass is 322 g/mol. The van der Waals surface area contributed by atoms with Gasteiger partial charge in [-0.05, 0) is 25.1 Å². The van der Waals surface area contributed by atoms with Gasteiger partial charge in [0.25, 0.3) is 5.91 Å². The summed E-state index contributed by atoms with van der Waals surface area (Å²) in [7, 11) is 0. The van der Waals surface area contributed by atoms with Gasteiger partial charge in [-0.15, -0.1) is 0 Å². The van der Waals surface area contributed by atoms with E-state index in [9.17, 15) is 18.4 Å². The van der Waals surface area contributed by atoms with Crippen LogP contribution in [0.1, 0.15) is 34.2 Å². The number of Topliss-reactive ketones (excluding diaryl/α,β-unsaturated/α-hetero) is 1. The number of carbonyl (C=O) groups excluding carboxylic acids is 2. The van der Waals surface area contributed by atoms with Gasteiger partial charge in [0.05, 0.1) is 18.4 Å². The molecule has 0 unspecified atom stereocenters. The summed E-state index contributed by atoms with van der Waals surface area (Å²) in [5.41, 5.74) is -0.573. The van der Waals surface area contributed by atoms with Crippen molar-refractivity contribution in [3.63, 3.8) is 0 Å². The predicted molar refractivity (Wildman–Crippen MR) is 80.4 cm³/mol. The summed E-state index contributed by atoms with van der Waals surface area (Å²) in [6.07, 6.45) is 2.08. The first-order valence-electron chi connectivity index (χ1n) is 7.07. The third-order valence-electron chi connectivity index (χ3n) is 3.07. The Hall–Kier alpha value is -2.61. The van der Waals surface area contributed by atoms with E-state index >= 15 is 0 Å². The van der Waals surface area contributed by atoms with Gasteiger partial charge in [0.2, 0.25) is 0 Å². The molecule has 1 aromatic heterocycles. The van der Waals surface area contributed by atoms with Gasteiger partial charge in [0.1, 0.15) is 22.9 Å². The number of halogens is 2. The van der Waals surface area contributed by atoms with Crippen LogP contribution in [0.15, 0.2) is 24.4 Å². The molecule has 3 N–H and O–H groups in total. The van der Waals surface area contributed by atoms with Gasteiger partial charge in [-0.1, -0.05) is 13.0 Å². The van der Waals surface area contributed by atoms with E-state index in [1.54, 1.807) is 0 Å². The van der Waals surface area contributed by atoms with E-state index in [0.29, 0.717) is 6.54 Å². The summed E-state index contributed by atoms with van der Waals surface area (Å²) in [4.78, 5) is 24.0. The zero-order valence-corrected chi connectivity index (χ0v) is 12.5. The van der Waals surface area contributed by atoms with E-state index in [4.69, 9.17) is 0 Å². The molecule has 0 aliphatic rings. The van der Waals surface area contributed by atoms with Crippen molar-refractivity contribution in [2.45, 2.75) is 13.3 Å². The fourth-order valence-corrected chi connectivity index (χ4v) is 1.96. The molecule has 122 valence electrons. The number of anilines is 1. The summed E-state index contributed by atoms with van der Waals surface area (Å²) < 4.78 is 27.2. The Morgan fingerprint density at radius 2 is 1.96 bits per heavy atom. The number of hydrogen-bond acceptors (Lipinski definition) is 4. The van der Waals surface area contributed by atoms with Gasteiger partial charge in [-0.3, -0.25) is 14.7 Å². The summed E-state index contributed by atoms with van der Waals surface area (Å²) in [6, 6.07) is 3.12. The molecule has 1 amide bonds. The van der Waals surface area contributed by atoms with Gasteiger partial charge in [0, 0.05) is 0 Å². The third-order valence-corrected chi connectivity index (χ3v) is 3.07. The van der Waals surface area contributed by atoms with Crippen LogP contribution in [0.3, 0.4) is 0 Å². The summed E-state index contributed by atoms with van der Waals surface area (Å²) in [6.45, 7) is 2.69. The standard InChI is InChI=1S/C15H16F2N4O2/c1-2-6-18-8-12(22)14-11(7-19-21-14)20-15(23)13-9(16)4-3-5-10(13)17/h3-5,7,18H,2,6,8H2,1H3,(H,19,21)(H,20,23). The number of nitrogens with zero attached hydrogens (tertiary/aromatic N) is 1. The van der Waals surface area contributed by atoms with Crippen molar-refractivity contribution in [3.05, 3.63) is 47.3 Å². The van der Waals surface area contributed by atoms with Crippen LogP contribution in [0.4, 0.5) is 14.5 Å². The number of rotatable bonds is 7. The highest BCUT2D eigenvalue weighted by atomic mass is 19.1. The molecule has 0 saturated heterocycles.